The van der Waals surface area contributed by atoms with Crippen LogP contribution in [0.4, 0.5) is 4.39 Å². The summed E-state index contributed by atoms with van der Waals surface area (Å²) in [5.41, 5.74) is -0.295. The highest BCUT2D eigenvalue weighted by atomic mass is 32.2. The molecule has 1 aliphatic heterocycles. The maximum atomic E-state index is 13.3. The molecule has 1 aromatic carbocycles. The summed E-state index contributed by atoms with van der Waals surface area (Å²) in [4.78, 5) is 31.5. The molecule has 0 atom stereocenters. The minimum atomic E-state index is -3.79. The van der Waals surface area contributed by atoms with Crippen molar-refractivity contribution >= 4 is 27.7 Å². The van der Waals surface area contributed by atoms with Crippen LogP contribution in [0.3, 0.4) is 0 Å². The highest BCUT2D eigenvalue weighted by molar-refractivity contribution is 7.99. The van der Waals surface area contributed by atoms with Crippen LogP contribution in [0.25, 0.3) is 0 Å². The number of piperazine rings is 1. The predicted octanol–water partition coefficient (Wildman–Crippen LogP) is 0.534. The first-order valence-electron chi connectivity index (χ1n) is 8.08. The Morgan fingerprint density at radius 3 is 2.63 bits per heavy atom. The van der Waals surface area contributed by atoms with Gasteiger partial charge in [0.05, 0.1) is 10.6 Å². The maximum absolute atomic E-state index is 13.3. The van der Waals surface area contributed by atoms with Crippen LogP contribution in [-0.4, -0.2) is 65.4 Å². The monoisotopic (exact) mass is 412 g/mol. The molecule has 27 heavy (non-hydrogen) atoms. The Balaban J connectivity index is 1.56. The number of nitrogens with one attached hydrogen (secondary N) is 1. The van der Waals surface area contributed by atoms with Crippen LogP contribution >= 0.6 is 11.8 Å². The molecule has 0 aliphatic carbocycles. The van der Waals surface area contributed by atoms with Gasteiger partial charge in [0.15, 0.2) is 5.16 Å². The summed E-state index contributed by atoms with van der Waals surface area (Å²) in [6, 6.07) is 6.14. The number of halogens is 1. The number of amides is 1. The second-order valence-corrected chi connectivity index (χ2v) is 8.67. The van der Waals surface area contributed by atoms with E-state index in [0.29, 0.717) is 5.16 Å². The van der Waals surface area contributed by atoms with Gasteiger partial charge in [-0.1, -0.05) is 17.8 Å². The minimum Gasteiger partial charge on any atom is -0.339 e. The lowest BCUT2D eigenvalue weighted by Crippen LogP contribution is -2.51. The Labute approximate surface area is 159 Å². The fourth-order valence-corrected chi connectivity index (χ4v) is 4.81. The molecule has 1 N–H and O–H groups in total. The van der Waals surface area contributed by atoms with Crippen LogP contribution in [0.2, 0.25) is 0 Å². The molecule has 11 heteroatoms. The van der Waals surface area contributed by atoms with E-state index < -0.39 is 15.8 Å². The number of carbonyl (C=O) groups is 1. The number of sulfonamides is 1. The zero-order valence-corrected chi connectivity index (χ0v) is 15.8. The first-order valence-corrected chi connectivity index (χ1v) is 10.5. The molecule has 1 aromatic heterocycles. The first kappa shape index (κ1) is 19.5. The smallest absolute Gasteiger partial charge is 0.251 e. The summed E-state index contributed by atoms with van der Waals surface area (Å²) in [5, 5.41) is 0.350. The summed E-state index contributed by atoms with van der Waals surface area (Å²) in [7, 11) is -3.79. The van der Waals surface area contributed by atoms with E-state index in [4.69, 9.17) is 0 Å². The number of H-pyrrole nitrogens is 1. The van der Waals surface area contributed by atoms with E-state index in [-0.39, 0.29) is 48.3 Å². The number of rotatable bonds is 5. The molecule has 1 amide bonds. The fraction of sp³-hybridized carbons (Fsp3) is 0.312. The molecular weight excluding hydrogens is 395 g/mol. The van der Waals surface area contributed by atoms with Crippen LogP contribution in [0.1, 0.15) is 0 Å². The number of thioether (sulfide) groups is 1. The van der Waals surface area contributed by atoms with Crippen molar-refractivity contribution in [2.75, 3.05) is 31.9 Å². The van der Waals surface area contributed by atoms with Gasteiger partial charge >= 0.3 is 0 Å². The highest BCUT2D eigenvalue weighted by Crippen LogP contribution is 2.19. The van der Waals surface area contributed by atoms with E-state index in [1.54, 1.807) is 4.90 Å². The van der Waals surface area contributed by atoms with Crippen LogP contribution in [-0.2, 0) is 14.8 Å². The molecule has 1 aliphatic rings. The van der Waals surface area contributed by atoms with Crippen LogP contribution in [0.15, 0.2) is 51.4 Å². The van der Waals surface area contributed by atoms with Gasteiger partial charge in [0.25, 0.3) is 5.56 Å². The molecule has 1 fully saturated rings. The molecule has 8 nitrogen and oxygen atoms in total. The van der Waals surface area contributed by atoms with Gasteiger partial charge in [-0.15, -0.1) is 0 Å². The summed E-state index contributed by atoms with van der Waals surface area (Å²) in [5.74, 6) is -0.701. The van der Waals surface area contributed by atoms with Crippen molar-refractivity contribution < 1.29 is 17.6 Å². The number of carbonyl (C=O) groups excluding carboxylic acids is 1. The van der Waals surface area contributed by atoms with E-state index in [1.165, 1.54) is 34.8 Å². The van der Waals surface area contributed by atoms with Crippen LogP contribution in [0.5, 0.6) is 0 Å². The quantitative estimate of drug-likeness (QED) is 0.568. The van der Waals surface area contributed by atoms with Crippen molar-refractivity contribution in [3.05, 3.63) is 52.7 Å². The lowest BCUT2D eigenvalue weighted by Gasteiger charge is -2.34. The molecule has 3 rings (SSSR count). The third-order valence-electron chi connectivity index (χ3n) is 4.01. The zero-order chi connectivity index (χ0) is 19.4. The molecule has 0 unspecified atom stereocenters. The van der Waals surface area contributed by atoms with Crippen molar-refractivity contribution in [3.8, 4) is 0 Å². The lowest BCUT2D eigenvalue weighted by molar-refractivity contribution is -0.129. The molecule has 0 radical (unpaired) electrons. The van der Waals surface area contributed by atoms with Gasteiger partial charge in [-0.2, -0.15) is 4.31 Å². The van der Waals surface area contributed by atoms with Crippen molar-refractivity contribution in [2.45, 2.75) is 10.1 Å². The van der Waals surface area contributed by atoms with E-state index in [1.807, 2.05) is 0 Å². The molecule has 0 bridgehead atoms. The topological polar surface area (TPSA) is 103 Å². The molecule has 2 heterocycles. The SMILES string of the molecule is O=C(CSc1nccc(=O)[nH]1)N1CCN(S(=O)(=O)c2cccc(F)c2)CC1. The molecular formula is C16H17FN4O4S2. The fourth-order valence-electron chi connectivity index (χ4n) is 2.60. The van der Waals surface area contributed by atoms with Crippen molar-refractivity contribution in [3.63, 3.8) is 0 Å². The third kappa shape index (κ3) is 4.73. The lowest BCUT2D eigenvalue weighted by atomic mass is 10.3. The molecule has 144 valence electrons. The standard InChI is InChI=1S/C16H17FN4O4S2/c17-12-2-1-3-13(10-12)27(24,25)21-8-6-20(7-9-21)15(23)11-26-16-18-5-4-14(22)19-16/h1-5,10H,6-9,11H2,(H,18,19,22). The highest BCUT2D eigenvalue weighted by Gasteiger charge is 2.30. The second kappa shape index (κ2) is 8.19. The van der Waals surface area contributed by atoms with Gasteiger partial charge in [0.2, 0.25) is 15.9 Å². The Morgan fingerprint density at radius 2 is 1.96 bits per heavy atom. The number of benzene rings is 1. The molecule has 2 aromatic rings. The van der Waals surface area contributed by atoms with E-state index >= 15 is 0 Å². The average Bonchev–Trinajstić information content (AvgIpc) is 2.66. The van der Waals surface area contributed by atoms with E-state index in [0.717, 1.165) is 17.8 Å². The van der Waals surface area contributed by atoms with Gasteiger partial charge in [0, 0.05) is 38.4 Å². The predicted molar refractivity (Wildman–Crippen MR) is 97.3 cm³/mol. The maximum Gasteiger partial charge on any atom is 0.251 e. The number of aromatic amines is 1. The summed E-state index contributed by atoms with van der Waals surface area (Å²) >= 11 is 1.11. The first-order chi connectivity index (χ1) is 12.9. The van der Waals surface area contributed by atoms with Crippen LogP contribution in [0, 0.1) is 5.82 Å². The Bertz CT molecular complexity index is 988. The number of nitrogens with zero attached hydrogens (tertiary/aromatic N) is 3. The molecule has 0 saturated carbocycles. The van der Waals surface area contributed by atoms with Gasteiger partial charge in [0.1, 0.15) is 5.82 Å². The Morgan fingerprint density at radius 1 is 1.22 bits per heavy atom. The van der Waals surface area contributed by atoms with E-state index in [2.05, 4.69) is 9.97 Å². The van der Waals surface area contributed by atoms with Crippen molar-refractivity contribution in [1.82, 2.24) is 19.2 Å². The Kier molecular flexibility index (Phi) is 5.92. The molecule has 0 spiro atoms. The molecule has 1 saturated heterocycles. The van der Waals surface area contributed by atoms with E-state index in [9.17, 15) is 22.4 Å². The Hall–Kier alpha value is -2.24. The average molecular weight is 412 g/mol. The van der Waals surface area contributed by atoms with Gasteiger partial charge in [-0.25, -0.2) is 17.8 Å². The zero-order valence-electron chi connectivity index (χ0n) is 14.2. The second-order valence-electron chi connectivity index (χ2n) is 5.77. The summed E-state index contributed by atoms with van der Waals surface area (Å²) < 4.78 is 39.7. The number of hydrogen-bond acceptors (Lipinski definition) is 6. The van der Waals surface area contributed by atoms with Crippen LogP contribution < -0.4 is 5.56 Å². The van der Waals surface area contributed by atoms with Crippen molar-refractivity contribution in [1.29, 1.82) is 0 Å². The number of aromatic nitrogens is 2. The summed E-state index contributed by atoms with van der Waals surface area (Å²) in [6.45, 7) is 0.755. The largest absolute Gasteiger partial charge is 0.339 e. The number of hydrogen-bond donors (Lipinski definition) is 1. The summed E-state index contributed by atoms with van der Waals surface area (Å²) in [6.07, 6.45) is 1.36. The normalized spacial score (nSPS) is 15.7. The minimum absolute atomic E-state index is 0.0869. The van der Waals surface area contributed by atoms with Crippen molar-refractivity contribution in [2.24, 2.45) is 0 Å². The van der Waals surface area contributed by atoms with Gasteiger partial charge in [-0.3, -0.25) is 9.59 Å². The van der Waals surface area contributed by atoms with Gasteiger partial charge < -0.3 is 9.88 Å². The third-order valence-corrected chi connectivity index (χ3v) is 6.77. The van der Waals surface area contributed by atoms with Gasteiger partial charge in [-0.05, 0) is 18.2 Å².